The molecule has 0 atom stereocenters. The van der Waals surface area contributed by atoms with Crippen LogP contribution in [0, 0.1) is 0 Å². The average Bonchev–Trinajstić information content (AvgIpc) is 2.61. The van der Waals surface area contributed by atoms with Gasteiger partial charge in [-0.3, -0.25) is 4.79 Å². The molecule has 3 rings (SSSR count). The van der Waals surface area contributed by atoms with Crippen LogP contribution in [-0.4, -0.2) is 5.78 Å². The number of halogens is 2. The number of rotatable bonds is 5. The maximum absolute atomic E-state index is 12.8. The number of nitrogens with one attached hydrogen (secondary N) is 1. The molecule has 0 aliphatic heterocycles. The lowest BCUT2D eigenvalue weighted by Gasteiger charge is -2.12. The van der Waals surface area contributed by atoms with E-state index in [4.69, 9.17) is 11.6 Å². The van der Waals surface area contributed by atoms with Gasteiger partial charge in [-0.25, -0.2) is 0 Å². The van der Waals surface area contributed by atoms with Gasteiger partial charge in [-0.15, -0.1) is 0 Å². The Labute approximate surface area is 154 Å². The molecule has 3 aromatic rings. The van der Waals surface area contributed by atoms with E-state index in [2.05, 4.69) is 21.2 Å². The van der Waals surface area contributed by atoms with Crippen LogP contribution in [0.1, 0.15) is 21.5 Å². The molecule has 2 nitrogen and oxygen atoms in total. The summed E-state index contributed by atoms with van der Waals surface area (Å²) < 4.78 is 0.938. The summed E-state index contributed by atoms with van der Waals surface area (Å²) in [7, 11) is 0. The lowest BCUT2D eigenvalue weighted by atomic mass is 10.0. The average molecular weight is 401 g/mol. The molecule has 4 heteroatoms. The van der Waals surface area contributed by atoms with Crippen molar-refractivity contribution in [1.29, 1.82) is 0 Å². The van der Waals surface area contributed by atoms with Crippen LogP contribution >= 0.6 is 27.5 Å². The lowest BCUT2D eigenvalue weighted by molar-refractivity contribution is 0.103. The highest BCUT2D eigenvalue weighted by Gasteiger charge is 2.14. The Bertz CT molecular complexity index is 847. The first-order valence-corrected chi connectivity index (χ1v) is 8.68. The molecule has 0 spiro atoms. The Balaban J connectivity index is 1.87. The number of benzene rings is 3. The van der Waals surface area contributed by atoms with E-state index in [0.29, 0.717) is 22.7 Å². The molecule has 0 unspecified atom stereocenters. The Morgan fingerprint density at radius 3 is 2.38 bits per heavy atom. The van der Waals surface area contributed by atoms with E-state index in [0.717, 1.165) is 15.7 Å². The lowest BCUT2D eigenvalue weighted by Crippen LogP contribution is -2.08. The summed E-state index contributed by atoms with van der Waals surface area (Å²) >= 11 is 9.49. The summed E-state index contributed by atoms with van der Waals surface area (Å²) in [5.74, 6) is -0.0550. The monoisotopic (exact) mass is 399 g/mol. The molecule has 3 aromatic carbocycles. The van der Waals surface area contributed by atoms with Crippen molar-refractivity contribution in [2.45, 2.75) is 6.54 Å². The van der Waals surface area contributed by atoms with Gasteiger partial charge in [0.25, 0.3) is 0 Å². The molecular weight excluding hydrogens is 386 g/mol. The first kappa shape index (κ1) is 16.7. The normalized spacial score (nSPS) is 10.4. The third-order valence-corrected chi connectivity index (χ3v) is 4.42. The minimum Gasteiger partial charge on any atom is -0.380 e. The summed E-state index contributed by atoms with van der Waals surface area (Å²) in [6, 6.07) is 22.7. The number of carbonyl (C=O) groups excluding carboxylic acids is 1. The second-order valence-electron chi connectivity index (χ2n) is 5.37. The Morgan fingerprint density at radius 2 is 1.67 bits per heavy atom. The van der Waals surface area contributed by atoms with Crippen LogP contribution in [0.25, 0.3) is 0 Å². The number of hydrogen-bond acceptors (Lipinski definition) is 2. The van der Waals surface area contributed by atoms with Crippen molar-refractivity contribution in [3.05, 3.63) is 99.0 Å². The van der Waals surface area contributed by atoms with Crippen LogP contribution in [-0.2, 0) is 6.54 Å². The summed E-state index contributed by atoms with van der Waals surface area (Å²) in [5.41, 5.74) is 3.12. The SMILES string of the molecule is O=C(c1ccc(Br)cc1)c1cc(Cl)ccc1NCc1ccccc1. The molecule has 0 aliphatic rings. The molecule has 120 valence electrons. The van der Waals surface area contributed by atoms with E-state index < -0.39 is 0 Å². The molecule has 0 saturated carbocycles. The fourth-order valence-electron chi connectivity index (χ4n) is 2.41. The van der Waals surface area contributed by atoms with Crippen molar-refractivity contribution in [3.63, 3.8) is 0 Å². The van der Waals surface area contributed by atoms with Gasteiger partial charge in [-0.1, -0.05) is 57.9 Å². The van der Waals surface area contributed by atoms with Gasteiger partial charge in [0.15, 0.2) is 5.78 Å². The second-order valence-corrected chi connectivity index (χ2v) is 6.72. The second kappa shape index (κ2) is 7.65. The zero-order valence-electron chi connectivity index (χ0n) is 12.8. The molecule has 0 radical (unpaired) electrons. The van der Waals surface area contributed by atoms with Gasteiger partial charge in [0.2, 0.25) is 0 Å². The van der Waals surface area contributed by atoms with Crippen LogP contribution in [0.3, 0.4) is 0 Å². The highest BCUT2D eigenvalue weighted by Crippen LogP contribution is 2.25. The maximum Gasteiger partial charge on any atom is 0.195 e. The summed E-state index contributed by atoms with van der Waals surface area (Å²) in [6.45, 7) is 0.642. The Morgan fingerprint density at radius 1 is 0.958 bits per heavy atom. The zero-order chi connectivity index (χ0) is 16.9. The van der Waals surface area contributed by atoms with Crippen molar-refractivity contribution in [3.8, 4) is 0 Å². The molecular formula is C20H15BrClNO. The predicted molar refractivity (Wildman–Crippen MR) is 103 cm³/mol. The first-order chi connectivity index (χ1) is 11.6. The van der Waals surface area contributed by atoms with Crippen molar-refractivity contribution in [1.82, 2.24) is 0 Å². The van der Waals surface area contributed by atoms with E-state index >= 15 is 0 Å². The van der Waals surface area contributed by atoms with Gasteiger partial charge >= 0.3 is 0 Å². The molecule has 24 heavy (non-hydrogen) atoms. The fourth-order valence-corrected chi connectivity index (χ4v) is 2.84. The van der Waals surface area contributed by atoms with E-state index in [1.165, 1.54) is 0 Å². The Hall–Kier alpha value is -2.10. The van der Waals surface area contributed by atoms with Crippen LogP contribution in [0.4, 0.5) is 5.69 Å². The molecule has 0 fully saturated rings. The largest absolute Gasteiger partial charge is 0.380 e. The predicted octanol–water partition coefficient (Wildman–Crippen LogP) is 5.95. The number of hydrogen-bond donors (Lipinski definition) is 1. The van der Waals surface area contributed by atoms with Gasteiger partial charge in [-0.2, -0.15) is 0 Å². The van der Waals surface area contributed by atoms with Gasteiger partial charge < -0.3 is 5.32 Å². The van der Waals surface area contributed by atoms with E-state index in [1.807, 2.05) is 48.5 Å². The topological polar surface area (TPSA) is 29.1 Å². The third kappa shape index (κ3) is 4.05. The fraction of sp³-hybridized carbons (Fsp3) is 0.0500. The van der Waals surface area contributed by atoms with Gasteiger partial charge in [0.05, 0.1) is 0 Å². The Kier molecular flexibility index (Phi) is 5.34. The zero-order valence-corrected chi connectivity index (χ0v) is 15.1. The van der Waals surface area contributed by atoms with Crippen LogP contribution in [0.15, 0.2) is 77.3 Å². The molecule has 0 saturated heterocycles. The van der Waals surface area contributed by atoms with Crippen molar-refractivity contribution >= 4 is 39.0 Å². The number of anilines is 1. The molecule has 1 N–H and O–H groups in total. The minimum atomic E-state index is -0.0550. The smallest absolute Gasteiger partial charge is 0.195 e. The standard InChI is InChI=1S/C20H15BrClNO/c21-16-8-6-15(7-9-16)20(24)18-12-17(22)10-11-19(18)23-13-14-4-2-1-3-5-14/h1-12,23H,13H2. The van der Waals surface area contributed by atoms with Crippen LogP contribution in [0.2, 0.25) is 5.02 Å². The van der Waals surface area contributed by atoms with Gasteiger partial charge in [0, 0.05) is 32.9 Å². The van der Waals surface area contributed by atoms with Crippen molar-refractivity contribution in [2.24, 2.45) is 0 Å². The molecule has 0 aliphatic carbocycles. The van der Waals surface area contributed by atoms with Gasteiger partial charge in [-0.05, 0) is 48.0 Å². The van der Waals surface area contributed by atoms with Gasteiger partial charge in [0.1, 0.15) is 0 Å². The summed E-state index contributed by atoms with van der Waals surface area (Å²) in [4.78, 5) is 12.8. The van der Waals surface area contributed by atoms with Crippen LogP contribution < -0.4 is 5.32 Å². The van der Waals surface area contributed by atoms with Crippen molar-refractivity contribution in [2.75, 3.05) is 5.32 Å². The van der Waals surface area contributed by atoms with Crippen LogP contribution in [0.5, 0.6) is 0 Å². The number of carbonyl (C=O) groups is 1. The van der Waals surface area contributed by atoms with Crippen molar-refractivity contribution < 1.29 is 4.79 Å². The highest BCUT2D eigenvalue weighted by atomic mass is 79.9. The summed E-state index contributed by atoms with van der Waals surface area (Å²) in [5, 5.41) is 3.87. The quantitative estimate of drug-likeness (QED) is 0.536. The third-order valence-electron chi connectivity index (χ3n) is 3.66. The number of ketones is 1. The first-order valence-electron chi connectivity index (χ1n) is 7.51. The molecule has 0 amide bonds. The molecule has 0 aromatic heterocycles. The maximum atomic E-state index is 12.8. The summed E-state index contributed by atoms with van der Waals surface area (Å²) in [6.07, 6.45) is 0. The minimum absolute atomic E-state index is 0.0550. The van der Waals surface area contributed by atoms with E-state index in [1.54, 1.807) is 24.3 Å². The molecule has 0 bridgehead atoms. The highest BCUT2D eigenvalue weighted by molar-refractivity contribution is 9.10. The molecule has 0 heterocycles. The van der Waals surface area contributed by atoms with E-state index in [-0.39, 0.29) is 5.78 Å². The van der Waals surface area contributed by atoms with E-state index in [9.17, 15) is 4.79 Å².